The third-order valence-electron chi connectivity index (χ3n) is 4.80. The van der Waals surface area contributed by atoms with Crippen molar-refractivity contribution in [1.29, 1.82) is 0 Å². The molecule has 2 rings (SSSR count). The minimum atomic E-state index is -0.154. The predicted octanol–water partition coefficient (Wildman–Crippen LogP) is 3.50. The van der Waals surface area contributed by atoms with Crippen LogP contribution in [0.2, 0.25) is 0 Å². The van der Waals surface area contributed by atoms with Crippen LogP contribution in [0.15, 0.2) is 18.2 Å². The van der Waals surface area contributed by atoms with Crippen molar-refractivity contribution in [2.75, 3.05) is 19.6 Å². The Balaban J connectivity index is 1.85. The lowest BCUT2D eigenvalue weighted by molar-refractivity contribution is 0.135. The normalized spacial score (nSPS) is 25.6. The number of likely N-dealkylation sites (tertiary alicyclic amines) is 1. The maximum Gasteiger partial charge on any atom is 0.126 e. The molecular weight excluding hydrogens is 251 g/mol. The smallest absolute Gasteiger partial charge is 0.126 e. The van der Waals surface area contributed by atoms with Gasteiger partial charge in [0.25, 0.3) is 0 Å². The van der Waals surface area contributed by atoms with Crippen LogP contribution in [0.5, 0.6) is 0 Å². The van der Waals surface area contributed by atoms with Gasteiger partial charge in [0.2, 0.25) is 0 Å². The van der Waals surface area contributed by atoms with Crippen molar-refractivity contribution in [3.05, 3.63) is 35.1 Å². The summed E-state index contributed by atoms with van der Waals surface area (Å²) in [4.78, 5) is 2.50. The fraction of sp³-hybridized carbons (Fsp3) is 0.647. The molecule has 1 saturated heterocycles. The first-order valence-corrected chi connectivity index (χ1v) is 7.71. The third-order valence-corrected chi connectivity index (χ3v) is 4.80. The van der Waals surface area contributed by atoms with Crippen LogP contribution in [0, 0.1) is 24.6 Å². The Morgan fingerprint density at radius 2 is 2.10 bits per heavy atom. The number of rotatable bonds is 4. The lowest BCUT2D eigenvalue weighted by Gasteiger charge is -2.35. The Bertz CT molecular complexity index is 447. The number of hydrogen-bond acceptors (Lipinski definition) is 2. The van der Waals surface area contributed by atoms with Gasteiger partial charge in [-0.05, 0) is 61.9 Å². The molecule has 0 amide bonds. The molecule has 0 bridgehead atoms. The summed E-state index contributed by atoms with van der Waals surface area (Å²) in [6.45, 7) is 9.78. The van der Waals surface area contributed by atoms with Gasteiger partial charge >= 0.3 is 0 Å². The zero-order chi connectivity index (χ0) is 14.7. The van der Waals surface area contributed by atoms with Gasteiger partial charge in [-0.2, -0.15) is 0 Å². The van der Waals surface area contributed by atoms with E-state index >= 15 is 0 Å². The number of nitrogens with zero attached hydrogens (tertiary/aromatic N) is 1. The first-order valence-electron chi connectivity index (χ1n) is 7.71. The lowest BCUT2D eigenvalue weighted by Crippen LogP contribution is -2.39. The fourth-order valence-corrected chi connectivity index (χ4v) is 2.88. The molecule has 1 aliphatic heterocycles. The highest BCUT2D eigenvalue weighted by molar-refractivity contribution is 5.25. The Kier molecular flexibility index (Phi) is 5.17. The van der Waals surface area contributed by atoms with Crippen LogP contribution in [-0.2, 0) is 0 Å². The van der Waals surface area contributed by atoms with E-state index in [0.29, 0.717) is 5.56 Å². The van der Waals surface area contributed by atoms with Crippen molar-refractivity contribution in [3.63, 3.8) is 0 Å². The van der Waals surface area contributed by atoms with Crippen molar-refractivity contribution in [2.24, 2.45) is 17.6 Å². The second kappa shape index (κ2) is 6.68. The van der Waals surface area contributed by atoms with Crippen molar-refractivity contribution in [2.45, 2.75) is 39.7 Å². The van der Waals surface area contributed by atoms with Crippen molar-refractivity contribution in [3.8, 4) is 0 Å². The maximum absolute atomic E-state index is 13.6. The Morgan fingerprint density at radius 1 is 1.35 bits per heavy atom. The second-order valence-electron chi connectivity index (χ2n) is 6.45. The van der Waals surface area contributed by atoms with E-state index in [4.69, 9.17) is 5.73 Å². The minimum Gasteiger partial charge on any atom is -0.324 e. The number of benzene rings is 1. The van der Waals surface area contributed by atoms with Gasteiger partial charge in [0.1, 0.15) is 5.82 Å². The average molecular weight is 278 g/mol. The van der Waals surface area contributed by atoms with E-state index in [-0.39, 0.29) is 11.9 Å². The SMILES string of the molecule is Cc1ccc(C(N)CCN2CCC(C)C(C)C2)cc1F. The molecule has 3 unspecified atom stereocenters. The van der Waals surface area contributed by atoms with E-state index in [0.717, 1.165) is 36.9 Å². The molecule has 3 heteroatoms. The molecule has 0 aliphatic carbocycles. The molecule has 1 aliphatic rings. The molecule has 20 heavy (non-hydrogen) atoms. The summed E-state index contributed by atoms with van der Waals surface area (Å²) in [6, 6.07) is 5.28. The minimum absolute atomic E-state index is 0.0697. The predicted molar refractivity (Wildman–Crippen MR) is 82.1 cm³/mol. The number of hydrogen-bond donors (Lipinski definition) is 1. The fourth-order valence-electron chi connectivity index (χ4n) is 2.88. The molecule has 1 fully saturated rings. The van der Waals surface area contributed by atoms with Crippen LogP contribution in [0.4, 0.5) is 4.39 Å². The van der Waals surface area contributed by atoms with Crippen LogP contribution in [0.3, 0.4) is 0 Å². The quantitative estimate of drug-likeness (QED) is 0.913. The monoisotopic (exact) mass is 278 g/mol. The van der Waals surface area contributed by atoms with E-state index in [1.54, 1.807) is 13.0 Å². The Hall–Kier alpha value is -0.930. The number of piperidine rings is 1. The molecular formula is C17H27FN2. The zero-order valence-electron chi connectivity index (χ0n) is 12.9. The molecule has 3 atom stereocenters. The second-order valence-corrected chi connectivity index (χ2v) is 6.45. The molecule has 1 aromatic rings. The van der Waals surface area contributed by atoms with Gasteiger partial charge in [-0.3, -0.25) is 0 Å². The van der Waals surface area contributed by atoms with Crippen molar-refractivity contribution < 1.29 is 4.39 Å². The number of halogens is 1. The summed E-state index contributed by atoms with van der Waals surface area (Å²) in [5.74, 6) is 1.43. The van der Waals surface area contributed by atoms with E-state index in [9.17, 15) is 4.39 Å². The molecule has 2 nitrogen and oxygen atoms in total. The molecule has 1 heterocycles. The number of nitrogens with two attached hydrogens (primary N) is 1. The molecule has 2 N–H and O–H groups in total. The van der Waals surface area contributed by atoms with Crippen LogP contribution < -0.4 is 5.73 Å². The highest BCUT2D eigenvalue weighted by atomic mass is 19.1. The largest absolute Gasteiger partial charge is 0.324 e. The molecule has 112 valence electrons. The van der Waals surface area contributed by atoms with Crippen LogP contribution in [0.1, 0.15) is 43.9 Å². The standard InChI is InChI=1S/C17H27FN2/c1-12-6-8-20(11-14(12)3)9-7-17(19)15-5-4-13(2)16(18)10-15/h4-5,10,12,14,17H,6-9,11,19H2,1-3H3. The summed E-state index contributed by atoms with van der Waals surface area (Å²) in [5, 5.41) is 0. The third kappa shape index (κ3) is 3.80. The van der Waals surface area contributed by atoms with Gasteiger partial charge in [-0.15, -0.1) is 0 Å². The zero-order valence-corrected chi connectivity index (χ0v) is 12.9. The van der Waals surface area contributed by atoms with Crippen molar-refractivity contribution in [1.82, 2.24) is 4.90 Å². The topological polar surface area (TPSA) is 29.3 Å². The number of aryl methyl sites for hydroxylation is 1. The van der Waals surface area contributed by atoms with Gasteiger partial charge in [0.05, 0.1) is 0 Å². The van der Waals surface area contributed by atoms with E-state index in [1.807, 2.05) is 12.1 Å². The summed E-state index contributed by atoms with van der Waals surface area (Å²) in [7, 11) is 0. The molecule has 0 spiro atoms. The highest BCUT2D eigenvalue weighted by Gasteiger charge is 2.22. The first-order chi connectivity index (χ1) is 9.47. The summed E-state index contributed by atoms with van der Waals surface area (Å²) < 4.78 is 13.6. The highest BCUT2D eigenvalue weighted by Crippen LogP contribution is 2.24. The van der Waals surface area contributed by atoms with Crippen molar-refractivity contribution >= 4 is 0 Å². The molecule has 0 radical (unpaired) electrons. The van der Waals surface area contributed by atoms with E-state index < -0.39 is 0 Å². The summed E-state index contributed by atoms with van der Waals surface area (Å²) >= 11 is 0. The Morgan fingerprint density at radius 3 is 2.75 bits per heavy atom. The summed E-state index contributed by atoms with van der Waals surface area (Å²) in [6.07, 6.45) is 2.17. The maximum atomic E-state index is 13.6. The average Bonchev–Trinajstić information content (AvgIpc) is 2.43. The molecule has 0 aromatic heterocycles. The van der Waals surface area contributed by atoms with Crippen LogP contribution in [-0.4, -0.2) is 24.5 Å². The summed E-state index contributed by atoms with van der Waals surface area (Å²) in [5.41, 5.74) is 7.79. The van der Waals surface area contributed by atoms with Gasteiger partial charge < -0.3 is 10.6 Å². The van der Waals surface area contributed by atoms with Gasteiger partial charge in [-0.25, -0.2) is 4.39 Å². The van der Waals surface area contributed by atoms with Crippen LogP contribution >= 0.6 is 0 Å². The van der Waals surface area contributed by atoms with Gasteiger partial charge in [0.15, 0.2) is 0 Å². The first kappa shape index (κ1) is 15.5. The van der Waals surface area contributed by atoms with Gasteiger partial charge in [0, 0.05) is 12.6 Å². The van der Waals surface area contributed by atoms with Gasteiger partial charge in [-0.1, -0.05) is 26.0 Å². The molecule has 0 saturated carbocycles. The van der Waals surface area contributed by atoms with E-state index in [2.05, 4.69) is 18.7 Å². The van der Waals surface area contributed by atoms with E-state index in [1.165, 1.54) is 13.0 Å². The van der Waals surface area contributed by atoms with Crippen LogP contribution in [0.25, 0.3) is 0 Å². The lowest BCUT2D eigenvalue weighted by atomic mass is 9.88. The molecule has 1 aromatic carbocycles. The Labute approximate surface area is 122 Å².